The van der Waals surface area contributed by atoms with Gasteiger partial charge in [0.1, 0.15) is 5.75 Å². The molecule has 1 heterocycles. The number of benzene rings is 1. The van der Waals surface area contributed by atoms with Gasteiger partial charge in [0.25, 0.3) is 5.91 Å². The first kappa shape index (κ1) is 23.1. The van der Waals surface area contributed by atoms with Crippen molar-refractivity contribution in [2.45, 2.75) is 65.1 Å². The quantitative estimate of drug-likeness (QED) is 0.673. The van der Waals surface area contributed by atoms with Crippen molar-refractivity contribution < 1.29 is 23.9 Å². The molecule has 0 bridgehead atoms. The largest absolute Gasteiger partial charge is 0.497 e. The average molecular weight is 431 g/mol. The fourth-order valence-corrected chi connectivity index (χ4v) is 4.60. The van der Waals surface area contributed by atoms with Crippen LogP contribution in [0.2, 0.25) is 0 Å². The van der Waals surface area contributed by atoms with Crippen LogP contribution in [0.25, 0.3) is 0 Å². The van der Waals surface area contributed by atoms with Gasteiger partial charge in [-0.2, -0.15) is 0 Å². The molecule has 0 radical (unpaired) electrons. The van der Waals surface area contributed by atoms with Crippen LogP contribution >= 0.6 is 0 Å². The van der Waals surface area contributed by atoms with Crippen LogP contribution in [0, 0.1) is 17.8 Å². The highest BCUT2D eigenvalue weighted by molar-refractivity contribution is 5.89. The first-order chi connectivity index (χ1) is 14.8. The van der Waals surface area contributed by atoms with Crippen LogP contribution in [-0.4, -0.2) is 48.5 Å². The normalized spacial score (nSPS) is 27.0. The van der Waals surface area contributed by atoms with E-state index in [-0.39, 0.29) is 24.3 Å². The Bertz CT molecular complexity index is 794. The van der Waals surface area contributed by atoms with Crippen LogP contribution in [-0.2, 0) is 25.7 Å². The lowest BCUT2D eigenvalue weighted by Crippen LogP contribution is -2.45. The van der Waals surface area contributed by atoms with Crippen molar-refractivity contribution in [3.8, 4) is 5.75 Å². The second-order valence-electron chi connectivity index (χ2n) is 8.93. The number of esters is 1. The summed E-state index contributed by atoms with van der Waals surface area (Å²) >= 11 is 0. The number of hydrogen-bond acceptors (Lipinski definition) is 5. The molecule has 2 amide bonds. The van der Waals surface area contributed by atoms with E-state index in [0.717, 1.165) is 24.2 Å². The maximum atomic E-state index is 12.6. The highest BCUT2D eigenvalue weighted by atomic mass is 16.5. The molecule has 1 saturated heterocycles. The summed E-state index contributed by atoms with van der Waals surface area (Å²) < 4.78 is 10.5. The fourth-order valence-electron chi connectivity index (χ4n) is 4.60. The summed E-state index contributed by atoms with van der Waals surface area (Å²) in [4.78, 5) is 39.5. The van der Waals surface area contributed by atoms with Crippen molar-refractivity contribution >= 4 is 17.8 Å². The minimum atomic E-state index is -0.913. The van der Waals surface area contributed by atoms with Gasteiger partial charge in [-0.3, -0.25) is 14.4 Å². The van der Waals surface area contributed by atoms with Gasteiger partial charge in [0.05, 0.1) is 13.0 Å². The molecule has 170 valence electrons. The summed E-state index contributed by atoms with van der Waals surface area (Å²) in [5.41, 5.74) is 0.917. The van der Waals surface area contributed by atoms with Gasteiger partial charge >= 0.3 is 5.97 Å². The third kappa shape index (κ3) is 5.57. The lowest BCUT2D eigenvalue weighted by molar-refractivity contribution is -0.158. The maximum Gasteiger partial charge on any atom is 0.312 e. The van der Waals surface area contributed by atoms with Crippen LogP contribution < -0.4 is 10.1 Å². The van der Waals surface area contributed by atoms with Gasteiger partial charge in [-0.1, -0.05) is 38.8 Å². The Kier molecular flexibility index (Phi) is 7.57. The van der Waals surface area contributed by atoms with Gasteiger partial charge in [0.15, 0.2) is 6.10 Å². The molecule has 0 unspecified atom stereocenters. The van der Waals surface area contributed by atoms with E-state index < -0.39 is 18.0 Å². The Morgan fingerprint density at radius 1 is 1.19 bits per heavy atom. The zero-order valence-electron chi connectivity index (χ0n) is 18.9. The zero-order chi connectivity index (χ0) is 22.5. The summed E-state index contributed by atoms with van der Waals surface area (Å²) in [5.74, 6) is 0.425. The number of nitrogens with zero attached hydrogens (tertiary/aromatic N) is 1. The molecule has 1 saturated carbocycles. The van der Waals surface area contributed by atoms with Crippen molar-refractivity contribution in [1.82, 2.24) is 10.2 Å². The van der Waals surface area contributed by atoms with Crippen LogP contribution in [0.5, 0.6) is 5.75 Å². The topological polar surface area (TPSA) is 84.9 Å². The number of nitrogens with one attached hydrogen (secondary N) is 1. The molecule has 1 N–H and O–H groups in total. The van der Waals surface area contributed by atoms with Crippen LogP contribution in [0.4, 0.5) is 0 Å². The molecule has 1 aliphatic heterocycles. The first-order valence-corrected chi connectivity index (χ1v) is 11.2. The minimum Gasteiger partial charge on any atom is -0.497 e. The van der Waals surface area contributed by atoms with Crippen molar-refractivity contribution in [1.29, 1.82) is 0 Å². The van der Waals surface area contributed by atoms with Gasteiger partial charge in [0, 0.05) is 25.6 Å². The Morgan fingerprint density at radius 2 is 1.90 bits per heavy atom. The zero-order valence-corrected chi connectivity index (χ0v) is 18.9. The molecule has 2 aliphatic rings. The van der Waals surface area contributed by atoms with E-state index in [4.69, 9.17) is 9.47 Å². The highest BCUT2D eigenvalue weighted by Crippen LogP contribution is 2.36. The van der Waals surface area contributed by atoms with Gasteiger partial charge < -0.3 is 19.7 Å². The van der Waals surface area contributed by atoms with E-state index in [1.165, 1.54) is 6.42 Å². The molecule has 2 fully saturated rings. The van der Waals surface area contributed by atoms with Gasteiger partial charge in [-0.15, -0.1) is 0 Å². The third-order valence-electron chi connectivity index (χ3n) is 6.84. The number of carbonyl (C=O) groups excluding carboxylic acids is 3. The summed E-state index contributed by atoms with van der Waals surface area (Å²) in [7, 11) is 1.60. The van der Waals surface area contributed by atoms with Crippen LogP contribution in [0.1, 0.15) is 52.0 Å². The summed E-state index contributed by atoms with van der Waals surface area (Å²) in [6, 6.07) is 7.56. The third-order valence-corrected chi connectivity index (χ3v) is 6.84. The van der Waals surface area contributed by atoms with E-state index in [9.17, 15) is 14.4 Å². The molecule has 1 aliphatic carbocycles. The Labute approximate surface area is 184 Å². The second-order valence-corrected chi connectivity index (χ2v) is 8.93. The Balaban J connectivity index is 1.48. The smallest absolute Gasteiger partial charge is 0.312 e. The standard InChI is InChI=1S/C24H34N2O5/c1-15-6-5-7-21(16(15)2)26-14-19(12-22(26)27)24(29)31-17(3)23(28)25-13-18-8-10-20(30-4)11-9-18/h8-11,15-17,19,21H,5-7,12-14H2,1-4H3,(H,25,28)/t15-,16+,17-,19+,21+/m0/s1. The molecule has 7 heteroatoms. The van der Waals surface area contributed by atoms with Crippen LogP contribution in [0.3, 0.4) is 0 Å². The molecular formula is C24H34N2O5. The number of ether oxygens (including phenoxy) is 2. The van der Waals surface area contributed by atoms with Crippen molar-refractivity contribution in [2.24, 2.45) is 17.8 Å². The van der Waals surface area contributed by atoms with E-state index in [2.05, 4.69) is 19.2 Å². The Morgan fingerprint density at radius 3 is 2.58 bits per heavy atom. The number of rotatable bonds is 7. The minimum absolute atomic E-state index is 0.0181. The molecule has 7 nitrogen and oxygen atoms in total. The second kappa shape index (κ2) is 10.2. The molecule has 3 rings (SSSR count). The van der Waals surface area contributed by atoms with Crippen molar-refractivity contribution in [3.63, 3.8) is 0 Å². The maximum absolute atomic E-state index is 12.6. The SMILES string of the molecule is COc1ccc(CNC(=O)[C@H](C)OC(=O)[C@@H]2CC(=O)N([C@@H]3CCC[C@H](C)[C@H]3C)C2)cc1. The number of carbonyl (C=O) groups is 3. The number of likely N-dealkylation sites (tertiary alicyclic amines) is 1. The fraction of sp³-hybridized carbons (Fsp3) is 0.625. The van der Waals surface area contributed by atoms with Crippen molar-refractivity contribution in [3.05, 3.63) is 29.8 Å². The molecular weight excluding hydrogens is 396 g/mol. The number of hydrogen-bond donors (Lipinski definition) is 1. The first-order valence-electron chi connectivity index (χ1n) is 11.2. The van der Waals surface area contributed by atoms with Gasteiger partial charge in [0.2, 0.25) is 5.91 Å². The van der Waals surface area contributed by atoms with E-state index >= 15 is 0 Å². The summed E-state index contributed by atoms with van der Waals surface area (Å²) in [6.07, 6.45) is 2.54. The number of methoxy groups -OCH3 is 1. The molecule has 0 spiro atoms. The van der Waals surface area contributed by atoms with E-state index in [0.29, 0.717) is 24.9 Å². The molecule has 0 aromatic heterocycles. The van der Waals surface area contributed by atoms with E-state index in [1.807, 2.05) is 29.2 Å². The molecule has 1 aromatic rings. The average Bonchev–Trinajstić information content (AvgIpc) is 3.15. The predicted octanol–water partition coefficient (Wildman–Crippen LogP) is 2.92. The molecule has 31 heavy (non-hydrogen) atoms. The lowest BCUT2D eigenvalue weighted by Gasteiger charge is -2.39. The van der Waals surface area contributed by atoms with E-state index in [1.54, 1.807) is 14.0 Å². The number of amides is 2. The molecule has 5 atom stereocenters. The summed E-state index contributed by atoms with van der Waals surface area (Å²) in [6.45, 7) is 6.70. The lowest BCUT2D eigenvalue weighted by atomic mass is 9.77. The van der Waals surface area contributed by atoms with Gasteiger partial charge in [-0.05, 0) is 42.9 Å². The van der Waals surface area contributed by atoms with Crippen LogP contribution in [0.15, 0.2) is 24.3 Å². The predicted molar refractivity (Wildman–Crippen MR) is 116 cm³/mol. The molecule has 1 aromatic carbocycles. The van der Waals surface area contributed by atoms with Gasteiger partial charge in [-0.25, -0.2) is 0 Å². The van der Waals surface area contributed by atoms with Crippen molar-refractivity contribution in [2.75, 3.05) is 13.7 Å². The summed E-state index contributed by atoms with van der Waals surface area (Å²) in [5, 5.41) is 2.78. The monoisotopic (exact) mass is 430 g/mol. The highest BCUT2D eigenvalue weighted by Gasteiger charge is 2.42. The Hall–Kier alpha value is -2.57.